The van der Waals surface area contributed by atoms with Gasteiger partial charge in [-0.25, -0.2) is 0 Å². The van der Waals surface area contributed by atoms with Gasteiger partial charge in [0.25, 0.3) is 5.91 Å². The fourth-order valence-corrected chi connectivity index (χ4v) is 2.62. The number of aliphatic carboxylic acids is 1. The van der Waals surface area contributed by atoms with Gasteiger partial charge in [-0.2, -0.15) is 0 Å². The first kappa shape index (κ1) is 16.3. The number of carboxylic acids is 1. The summed E-state index contributed by atoms with van der Waals surface area (Å²) in [6.07, 6.45) is 1.79. The van der Waals surface area contributed by atoms with E-state index in [1.165, 1.54) is 0 Å². The van der Waals surface area contributed by atoms with Gasteiger partial charge < -0.3 is 15.0 Å². The zero-order chi connectivity index (χ0) is 16.3. The second kappa shape index (κ2) is 6.79. The molecule has 0 spiro atoms. The van der Waals surface area contributed by atoms with Crippen LogP contribution >= 0.6 is 15.9 Å². The Morgan fingerprint density at radius 1 is 1.32 bits per heavy atom. The van der Waals surface area contributed by atoms with E-state index in [1.807, 2.05) is 24.6 Å². The van der Waals surface area contributed by atoms with Gasteiger partial charge in [0.15, 0.2) is 0 Å². The van der Waals surface area contributed by atoms with E-state index in [4.69, 9.17) is 5.11 Å². The molecule has 5 nitrogen and oxygen atoms in total. The summed E-state index contributed by atoms with van der Waals surface area (Å²) in [5.41, 5.74) is 1.77. The minimum absolute atomic E-state index is 0.0718. The molecular weight excluding hydrogens is 348 g/mol. The van der Waals surface area contributed by atoms with Gasteiger partial charge in [0.1, 0.15) is 5.69 Å². The average molecular weight is 365 g/mol. The molecule has 0 aliphatic rings. The summed E-state index contributed by atoms with van der Waals surface area (Å²) in [6.45, 7) is 3.99. The molecule has 1 amide bonds. The number of nitrogens with zero attached hydrogens (tertiary/aromatic N) is 1. The molecule has 0 radical (unpaired) electrons. The Labute approximate surface area is 137 Å². The predicted octanol–water partition coefficient (Wildman–Crippen LogP) is 3.71. The summed E-state index contributed by atoms with van der Waals surface area (Å²) < 4.78 is 2.71. The average Bonchev–Trinajstić information content (AvgIpc) is 2.81. The lowest BCUT2D eigenvalue weighted by Gasteiger charge is -2.13. The van der Waals surface area contributed by atoms with Crippen LogP contribution < -0.4 is 5.32 Å². The summed E-state index contributed by atoms with van der Waals surface area (Å²) in [5, 5.41) is 11.6. The van der Waals surface area contributed by atoms with Crippen LogP contribution in [0.1, 0.15) is 35.9 Å². The van der Waals surface area contributed by atoms with Crippen LogP contribution in [-0.2, 0) is 11.2 Å². The zero-order valence-corrected chi connectivity index (χ0v) is 13.9. The largest absolute Gasteiger partial charge is 0.481 e. The Balaban J connectivity index is 2.20. The molecule has 2 N–H and O–H groups in total. The molecule has 0 fully saturated rings. The van der Waals surface area contributed by atoms with E-state index >= 15 is 0 Å². The third kappa shape index (κ3) is 3.98. The normalized spacial score (nSPS) is 10.7. The van der Waals surface area contributed by atoms with Crippen molar-refractivity contribution in [2.45, 2.75) is 26.3 Å². The van der Waals surface area contributed by atoms with Crippen molar-refractivity contribution in [3.8, 4) is 0 Å². The van der Waals surface area contributed by atoms with Crippen LogP contribution in [0.2, 0.25) is 0 Å². The number of carbonyl (C=O) groups excluding carboxylic acids is 1. The highest BCUT2D eigenvalue weighted by Crippen LogP contribution is 2.21. The molecule has 2 aromatic rings. The Kier molecular flexibility index (Phi) is 5.03. The number of carboxylic acid groups (broad SMARTS) is 1. The molecule has 0 atom stereocenters. The zero-order valence-electron chi connectivity index (χ0n) is 12.3. The Bertz CT molecular complexity index is 707. The minimum Gasteiger partial charge on any atom is -0.481 e. The number of hydrogen-bond donors (Lipinski definition) is 2. The number of carbonyl (C=O) groups is 2. The lowest BCUT2D eigenvalue weighted by molar-refractivity contribution is -0.136. The van der Waals surface area contributed by atoms with Gasteiger partial charge in [0.05, 0.1) is 6.42 Å². The van der Waals surface area contributed by atoms with Crippen molar-refractivity contribution in [2.75, 3.05) is 5.32 Å². The maximum absolute atomic E-state index is 12.4. The van der Waals surface area contributed by atoms with Gasteiger partial charge in [-0.1, -0.05) is 12.1 Å². The third-order valence-corrected chi connectivity index (χ3v) is 3.58. The summed E-state index contributed by atoms with van der Waals surface area (Å²) >= 11 is 3.38. The number of halogens is 1. The van der Waals surface area contributed by atoms with E-state index in [9.17, 15) is 9.59 Å². The molecule has 0 saturated carbocycles. The number of rotatable bonds is 5. The van der Waals surface area contributed by atoms with Crippen LogP contribution in [0, 0.1) is 0 Å². The van der Waals surface area contributed by atoms with E-state index in [0.29, 0.717) is 16.9 Å². The van der Waals surface area contributed by atoms with E-state index < -0.39 is 5.97 Å². The fraction of sp³-hybridized carbons (Fsp3) is 0.250. The number of nitrogens with one attached hydrogen (secondary N) is 1. The van der Waals surface area contributed by atoms with Crippen LogP contribution in [0.3, 0.4) is 0 Å². The first-order valence-corrected chi connectivity index (χ1v) is 7.65. The minimum atomic E-state index is -0.902. The molecule has 0 aliphatic heterocycles. The summed E-state index contributed by atoms with van der Waals surface area (Å²) in [4.78, 5) is 23.2. The van der Waals surface area contributed by atoms with E-state index in [0.717, 1.165) is 4.47 Å². The molecule has 1 aromatic carbocycles. The number of hydrogen-bond acceptors (Lipinski definition) is 2. The Hall–Kier alpha value is -2.08. The highest BCUT2D eigenvalue weighted by atomic mass is 79.9. The van der Waals surface area contributed by atoms with Crippen LogP contribution in [0.25, 0.3) is 0 Å². The van der Waals surface area contributed by atoms with Crippen molar-refractivity contribution >= 4 is 33.5 Å². The smallest absolute Gasteiger partial charge is 0.307 e. The third-order valence-electron chi connectivity index (χ3n) is 3.14. The van der Waals surface area contributed by atoms with E-state index in [-0.39, 0.29) is 18.4 Å². The van der Waals surface area contributed by atoms with Crippen molar-refractivity contribution in [3.63, 3.8) is 0 Å². The molecule has 1 heterocycles. The standard InChI is InChI=1S/C16H17BrN2O3/c1-10(2)19-9-12(17)8-14(19)16(22)18-13-5-3-4-11(6-13)7-15(20)21/h3-6,8-10H,7H2,1-2H3,(H,18,22)(H,20,21). The highest BCUT2D eigenvalue weighted by molar-refractivity contribution is 9.10. The molecule has 0 aliphatic carbocycles. The lowest BCUT2D eigenvalue weighted by atomic mass is 10.1. The maximum atomic E-state index is 12.4. The second-order valence-corrected chi connectivity index (χ2v) is 6.19. The van der Waals surface area contributed by atoms with E-state index in [1.54, 1.807) is 30.3 Å². The summed E-state index contributed by atoms with van der Waals surface area (Å²) in [5.74, 6) is -1.13. The first-order chi connectivity index (χ1) is 10.4. The Morgan fingerprint density at radius 3 is 2.68 bits per heavy atom. The summed E-state index contributed by atoms with van der Waals surface area (Å²) in [7, 11) is 0. The number of anilines is 1. The topological polar surface area (TPSA) is 71.3 Å². The van der Waals surface area contributed by atoms with Crippen LogP contribution in [0.4, 0.5) is 5.69 Å². The fourth-order valence-electron chi connectivity index (χ4n) is 2.18. The van der Waals surface area contributed by atoms with Crippen molar-refractivity contribution in [2.24, 2.45) is 0 Å². The Morgan fingerprint density at radius 2 is 2.05 bits per heavy atom. The van der Waals surface area contributed by atoms with Gasteiger partial charge in [-0.3, -0.25) is 9.59 Å². The quantitative estimate of drug-likeness (QED) is 0.849. The first-order valence-electron chi connectivity index (χ1n) is 6.86. The number of benzene rings is 1. The van der Waals surface area contributed by atoms with Crippen LogP contribution in [-0.4, -0.2) is 21.6 Å². The number of amides is 1. The molecule has 0 unspecified atom stereocenters. The molecule has 2 rings (SSSR count). The van der Waals surface area contributed by atoms with Gasteiger partial charge >= 0.3 is 5.97 Å². The van der Waals surface area contributed by atoms with Crippen molar-refractivity contribution in [1.29, 1.82) is 0 Å². The van der Waals surface area contributed by atoms with Gasteiger partial charge in [0, 0.05) is 22.4 Å². The molecule has 22 heavy (non-hydrogen) atoms. The molecule has 6 heteroatoms. The predicted molar refractivity (Wildman–Crippen MR) is 88.3 cm³/mol. The molecule has 0 saturated heterocycles. The SMILES string of the molecule is CC(C)n1cc(Br)cc1C(=O)Nc1cccc(CC(=O)O)c1. The monoisotopic (exact) mass is 364 g/mol. The van der Waals surface area contributed by atoms with Gasteiger partial charge in [-0.05, 0) is 53.5 Å². The molecule has 0 bridgehead atoms. The summed E-state index contributed by atoms with van der Waals surface area (Å²) in [6, 6.07) is 8.77. The number of aromatic nitrogens is 1. The molecule has 116 valence electrons. The highest BCUT2D eigenvalue weighted by Gasteiger charge is 2.15. The van der Waals surface area contributed by atoms with Crippen molar-refractivity contribution in [3.05, 3.63) is 52.3 Å². The second-order valence-electron chi connectivity index (χ2n) is 5.27. The van der Waals surface area contributed by atoms with Crippen LogP contribution in [0.5, 0.6) is 0 Å². The maximum Gasteiger partial charge on any atom is 0.307 e. The lowest BCUT2D eigenvalue weighted by Crippen LogP contribution is -2.17. The van der Waals surface area contributed by atoms with Crippen LogP contribution in [0.15, 0.2) is 41.0 Å². The van der Waals surface area contributed by atoms with Gasteiger partial charge in [-0.15, -0.1) is 0 Å². The molecular formula is C16H17BrN2O3. The molecule has 1 aromatic heterocycles. The van der Waals surface area contributed by atoms with Crippen molar-refractivity contribution < 1.29 is 14.7 Å². The van der Waals surface area contributed by atoms with Crippen molar-refractivity contribution in [1.82, 2.24) is 4.57 Å². The van der Waals surface area contributed by atoms with Gasteiger partial charge in [0.2, 0.25) is 0 Å². The van der Waals surface area contributed by atoms with E-state index in [2.05, 4.69) is 21.2 Å².